The van der Waals surface area contributed by atoms with Crippen molar-refractivity contribution in [3.63, 3.8) is 0 Å². The van der Waals surface area contributed by atoms with Crippen LogP contribution in [-0.2, 0) is 22.9 Å². The number of rotatable bonds is 7. The molecule has 0 spiro atoms. The fourth-order valence-corrected chi connectivity index (χ4v) is 5.77. The van der Waals surface area contributed by atoms with Gasteiger partial charge in [-0.15, -0.1) is 0 Å². The third-order valence-electron chi connectivity index (χ3n) is 6.44. The zero-order valence-corrected chi connectivity index (χ0v) is 21.0. The van der Waals surface area contributed by atoms with Crippen molar-refractivity contribution in [2.24, 2.45) is 5.92 Å². The van der Waals surface area contributed by atoms with Gasteiger partial charge < -0.3 is 9.52 Å². The van der Waals surface area contributed by atoms with Gasteiger partial charge in [-0.05, 0) is 61.4 Å². The van der Waals surface area contributed by atoms with Gasteiger partial charge in [0.15, 0.2) is 0 Å². The van der Waals surface area contributed by atoms with E-state index in [1.54, 1.807) is 24.3 Å². The Morgan fingerprint density at radius 1 is 1.09 bits per heavy atom. The van der Waals surface area contributed by atoms with Crippen molar-refractivity contribution < 1.29 is 17.9 Å². The molecule has 0 saturated heterocycles. The summed E-state index contributed by atoms with van der Waals surface area (Å²) in [6.07, 6.45) is 8.76. The largest absolute Gasteiger partial charge is 0.507 e. The molecule has 1 unspecified atom stereocenters. The van der Waals surface area contributed by atoms with Gasteiger partial charge in [0, 0.05) is 36.0 Å². The van der Waals surface area contributed by atoms with Crippen LogP contribution >= 0.6 is 0 Å². The first kappa shape index (κ1) is 25.0. The summed E-state index contributed by atoms with van der Waals surface area (Å²) in [7, 11) is -3.82. The monoisotopic (exact) mass is 496 g/mol. The summed E-state index contributed by atoms with van der Waals surface area (Å²) in [5.41, 5.74) is 1.58. The smallest absolute Gasteiger partial charge is 0.343 e. The molecule has 0 bridgehead atoms. The Bertz CT molecular complexity index is 1330. The van der Waals surface area contributed by atoms with Gasteiger partial charge >= 0.3 is 5.63 Å². The summed E-state index contributed by atoms with van der Waals surface area (Å²) in [5.74, 6) is 0.406. The number of pyridine rings is 1. The molecule has 0 radical (unpaired) electrons. The molecule has 7 nitrogen and oxygen atoms in total. The van der Waals surface area contributed by atoms with Gasteiger partial charge in [-0.3, -0.25) is 9.71 Å². The van der Waals surface area contributed by atoms with E-state index in [0.717, 1.165) is 36.8 Å². The van der Waals surface area contributed by atoms with Gasteiger partial charge in [-0.2, -0.15) is 0 Å². The molecule has 2 N–H and O–H groups in total. The molecule has 2 aromatic heterocycles. The lowest BCUT2D eigenvalue weighted by Gasteiger charge is -2.23. The SMILES string of the molecule is CC(C)CC(c1cccc(NS(=O)(=O)c2cccnc2)c1)c1c(O)c2c(oc1=O)CCCCCC2. The lowest BCUT2D eigenvalue weighted by atomic mass is 9.83. The van der Waals surface area contributed by atoms with Gasteiger partial charge in [-0.1, -0.05) is 38.8 Å². The van der Waals surface area contributed by atoms with Crippen molar-refractivity contribution in [3.05, 3.63) is 81.7 Å². The van der Waals surface area contributed by atoms with Crippen LogP contribution in [0.1, 0.15) is 74.3 Å². The van der Waals surface area contributed by atoms with Crippen LogP contribution in [0.3, 0.4) is 0 Å². The zero-order chi connectivity index (χ0) is 25.0. The van der Waals surface area contributed by atoms with Crippen LogP contribution in [0.4, 0.5) is 5.69 Å². The standard InChI is InChI=1S/C27H32N2O5S/c1-18(2)15-23(25-26(30)22-12-5-3-4-6-13-24(22)34-27(25)31)19-9-7-10-20(16-19)29-35(32,33)21-11-8-14-28-17-21/h7-11,14,16-18,23,29-30H,3-6,12-13,15H2,1-2H3. The number of aromatic hydroxyl groups is 1. The van der Waals surface area contributed by atoms with Crippen molar-refractivity contribution in [1.29, 1.82) is 0 Å². The Labute approximate surface area is 206 Å². The molecule has 186 valence electrons. The van der Waals surface area contributed by atoms with Crippen LogP contribution in [0.25, 0.3) is 0 Å². The van der Waals surface area contributed by atoms with E-state index in [1.807, 2.05) is 19.9 Å². The summed E-state index contributed by atoms with van der Waals surface area (Å²) >= 11 is 0. The van der Waals surface area contributed by atoms with Crippen molar-refractivity contribution in [2.75, 3.05) is 4.72 Å². The number of anilines is 1. The first-order valence-corrected chi connectivity index (χ1v) is 13.6. The maximum atomic E-state index is 13.2. The topological polar surface area (TPSA) is 110 Å². The van der Waals surface area contributed by atoms with E-state index >= 15 is 0 Å². The number of aromatic nitrogens is 1. The molecule has 1 atom stereocenters. The Hall–Kier alpha value is -3.13. The molecule has 2 heterocycles. The van der Waals surface area contributed by atoms with Crippen LogP contribution < -0.4 is 10.3 Å². The fourth-order valence-electron chi connectivity index (χ4n) is 4.76. The molecule has 4 rings (SSSR count). The van der Waals surface area contributed by atoms with Crippen LogP contribution in [-0.4, -0.2) is 18.5 Å². The molecule has 0 amide bonds. The third-order valence-corrected chi connectivity index (χ3v) is 7.80. The summed E-state index contributed by atoms with van der Waals surface area (Å²) < 4.78 is 34.0. The van der Waals surface area contributed by atoms with Crippen LogP contribution in [0.5, 0.6) is 5.75 Å². The molecule has 0 saturated carbocycles. The number of benzene rings is 1. The third kappa shape index (κ3) is 5.75. The van der Waals surface area contributed by atoms with Crippen molar-refractivity contribution in [2.45, 2.75) is 69.6 Å². The lowest BCUT2D eigenvalue weighted by molar-refractivity contribution is 0.379. The highest BCUT2D eigenvalue weighted by molar-refractivity contribution is 7.92. The predicted octanol–water partition coefficient (Wildman–Crippen LogP) is 5.38. The predicted molar refractivity (Wildman–Crippen MR) is 135 cm³/mol. The minimum absolute atomic E-state index is 0.0325. The second-order valence-corrected chi connectivity index (χ2v) is 11.3. The summed E-state index contributed by atoms with van der Waals surface area (Å²) in [5, 5.41) is 11.3. The van der Waals surface area contributed by atoms with E-state index in [2.05, 4.69) is 9.71 Å². The highest BCUT2D eigenvalue weighted by Gasteiger charge is 2.28. The van der Waals surface area contributed by atoms with Crippen LogP contribution in [0.15, 0.2) is 62.9 Å². The molecule has 1 aliphatic rings. The zero-order valence-electron chi connectivity index (χ0n) is 20.2. The molecule has 1 aromatic carbocycles. The molecular formula is C27H32N2O5S. The number of hydrogen-bond donors (Lipinski definition) is 2. The number of aryl methyl sites for hydroxylation is 1. The molecule has 0 aliphatic heterocycles. The maximum absolute atomic E-state index is 13.2. The van der Waals surface area contributed by atoms with Crippen molar-refractivity contribution in [3.8, 4) is 5.75 Å². The Balaban J connectivity index is 1.75. The molecule has 35 heavy (non-hydrogen) atoms. The van der Waals surface area contributed by atoms with Crippen LogP contribution in [0.2, 0.25) is 0 Å². The maximum Gasteiger partial charge on any atom is 0.343 e. The Morgan fingerprint density at radius 3 is 2.57 bits per heavy atom. The highest BCUT2D eigenvalue weighted by Crippen LogP contribution is 2.39. The van der Waals surface area contributed by atoms with Gasteiger partial charge in [0.05, 0.1) is 5.56 Å². The summed E-state index contributed by atoms with van der Waals surface area (Å²) in [4.78, 5) is 17.1. The van der Waals surface area contributed by atoms with Gasteiger partial charge in [0.1, 0.15) is 16.4 Å². The average Bonchev–Trinajstić information content (AvgIpc) is 2.80. The number of sulfonamides is 1. The van der Waals surface area contributed by atoms with Gasteiger partial charge in [0.25, 0.3) is 10.0 Å². The molecule has 8 heteroatoms. The van der Waals surface area contributed by atoms with E-state index in [1.165, 1.54) is 18.5 Å². The van der Waals surface area contributed by atoms with Crippen LogP contribution in [0, 0.1) is 5.92 Å². The highest BCUT2D eigenvalue weighted by atomic mass is 32.2. The summed E-state index contributed by atoms with van der Waals surface area (Å²) in [6, 6.07) is 10.0. The molecule has 1 aliphatic carbocycles. The second-order valence-electron chi connectivity index (χ2n) is 9.57. The molecule has 3 aromatic rings. The quantitative estimate of drug-likeness (QED) is 0.455. The molecule has 0 fully saturated rings. The number of hydrogen-bond acceptors (Lipinski definition) is 6. The number of nitrogens with zero attached hydrogens (tertiary/aromatic N) is 1. The minimum atomic E-state index is -3.82. The normalized spacial score (nSPS) is 15.2. The van der Waals surface area contributed by atoms with Crippen molar-refractivity contribution in [1.82, 2.24) is 4.98 Å². The van der Waals surface area contributed by atoms with Gasteiger partial charge in [-0.25, -0.2) is 13.2 Å². The van der Waals surface area contributed by atoms with E-state index in [-0.39, 0.29) is 22.1 Å². The first-order valence-electron chi connectivity index (χ1n) is 12.2. The van der Waals surface area contributed by atoms with Crippen molar-refractivity contribution >= 4 is 15.7 Å². The van der Waals surface area contributed by atoms with E-state index in [9.17, 15) is 18.3 Å². The Kier molecular flexibility index (Phi) is 7.60. The number of fused-ring (bicyclic) bond motifs is 1. The molecular weight excluding hydrogens is 464 g/mol. The number of nitrogens with one attached hydrogen (secondary N) is 1. The van der Waals surface area contributed by atoms with Gasteiger partial charge in [0.2, 0.25) is 0 Å². The second kappa shape index (κ2) is 10.6. The van der Waals surface area contributed by atoms with E-state index < -0.39 is 21.6 Å². The van der Waals surface area contributed by atoms with E-state index in [0.29, 0.717) is 30.7 Å². The summed E-state index contributed by atoms with van der Waals surface area (Å²) in [6.45, 7) is 4.10. The van der Waals surface area contributed by atoms with E-state index in [4.69, 9.17) is 4.42 Å². The Morgan fingerprint density at radius 2 is 1.86 bits per heavy atom. The minimum Gasteiger partial charge on any atom is -0.507 e. The fraction of sp³-hybridized carbons (Fsp3) is 0.407. The first-order chi connectivity index (χ1) is 16.8. The lowest BCUT2D eigenvalue weighted by Crippen LogP contribution is -2.19. The average molecular weight is 497 g/mol.